The predicted molar refractivity (Wildman–Crippen MR) is 381 cm³/mol. The van der Waals surface area contributed by atoms with E-state index in [1.807, 2.05) is 0 Å². The standard InChI is InChI=1S/C83H85BN4/c1-79(2,3)57-35-40-62(41-36-57)86(72-34-26-25-33-68(72)55-29-21-18-22-30-55)64-44-45-70-73(53-64)87(63-42-37-58(38-43-63)80(4,5)6)74-47-56(67-32-24-23-31-66(67)54-27-19-17-20-28-54)48-75-76(74)84(70)78-77(69-52-59(81(7,8)9)39-46-71(69)85(78)16)88(75)65-50-60(82(10,11)12)49-61(51-65)83(13,14)15/h17-53H,1-16H3. The average Bonchev–Trinajstić information content (AvgIpc) is 1.34. The first kappa shape index (κ1) is 58.2. The van der Waals surface area contributed by atoms with Crippen molar-refractivity contribution >= 4 is 85.3 Å². The number of aromatic nitrogens is 1. The molecule has 0 unspecified atom stereocenters. The number of anilines is 9. The zero-order chi connectivity index (χ0) is 62.0. The molecular weight excluding hydrogens is 1060 g/mol. The van der Waals surface area contributed by atoms with Crippen LogP contribution in [0.1, 0.15) is 132 Å². The van der Waals surface area contributed by atoms with Gasteiger partial charge in [-0.3, -0.25) is 0 Å². The van der Waals surface area contributed by atoms with Gasteiger partial charge in [-0.15, -0.1) is 0 Å². The van der Waals surface area contributed by atoms with Crippen molar-refractivity contribution in [3.8, 4) is 33.4 Å². The molecule has 0 saturated carbocycles. The molecule has 1 aromatic heterocycles. The Morgan fingerprint density at radius 3 is 1.36 bits per heavy atom. The summed E-state index contributed by atoms with van der Waals surface area (Å²) in [7, 11) is 2.33. The molecular formula is C83H85BN4. The molecule has 0 saturated heterocycles. The minimum atomic E-state index is -0.164. The fourth-order valence-electron chi connectivity index (χ4n) is 13.7. The molecule has 0 N–H and O–H groups in total. The summed E-state index contributed by atoms with van der Waals surface area (Å²) >= 11 is 0. The van der Waals surface area contributed by atoms with Crippen LogP contribution in [0.2, 0.25) is 0 Å². The highest BCUT2D eigenvalue weighted by molar-refractivity contribution is 7.00. The van der Waals surface area contributed by atoms with Crippen molar-refractivity contribution < 1.29 is 0 Å². The summed E-state index contributed by atoms with van der Waals surface area (Å²) in [5.41, 5.74) is 28.6. The Morgan fingerprint density at radius 2 is 0.807 bits per heavy atom. The van der Waals surface area contributed by atoms with Crippen molar-refractivity contribution in [3.05, 3.63) is 252 Å². The second-order valence-corrected chi connectivity index (χ2v) is 30.0. The van der Waals surface area contributed by atoms with E-state index in [9.17, 15) is 0 Å². The Morgan fingerprint density at radius 1 is 0.341 bits per heavy atom. The van der Waals surface area contributed by atoms with Crippen LogP contribution in [0.15, 0.2) is 224 Å². The molecule has 5 heteroatoms. The number of fused-ring (bicyclic) bond motifs is 6. The maximum Gasteiger partial charge on any atom is 0.272 e. The van der Waals surface area contributed by atoms with Crippen molar-refractivity contribution in [2.24, 2.45) is 7.05 Å². The maximum absolute atomic E-state index is 2.70. The summed E-state index contributed by atoms with van der Waals surface area (Å²) in [5.74, 6) is 0. The van der Waals surface area contributed by atoms with Crippen molar-refractivity contribution in [1.29, 1.82) is 0 Å². The first-order valence-electron chi connectivity index (χ1n) is 31.8. The minimum Gasteiger partial charge on any atom is -0.353 e. The summed E-state index contributed by atoms with van der Waals surface area (Å²) in [6.45, 7) is 34.9. The third-order valence-electron chi connectivity index (χ3n) is 18.8. The Bertz CT molecular complexity index is 4420. The highest BCUT2D eigenvalue weighted by Gasteiger charge is 2.47. The van der Waals surface area contributed by atoms with E-state index in [2.05, 4.69) is 355 Å². The molecule has 10 aromatic carbocycles. The summed E-state index contributed by atoms with van der Waals surface area (Å²) in [4.78, 5) is 7.81. The van der Waals surface area contributed by atoms with Gasteiger partial charge in [-0.05, 0) is 172 Å². The highest BCUT2D eigenvalue weighted by atomic mass is 15.2. The van der Waals surface area contributed by atoms with E-state index in [1.165, 1.54) is 106 Å². The normalized spacial score (nSPS) is 13.4. The molecule has 2 aliphatic rings. The molecule has 0 atom stereocenters. The van der Waals surface area contributed by atoms with Gasteiger partial charge >= 0.3 is 0 Å². The zero-order valence-electron chi connectivity index (χ0n) is 54.7. The number of rotatable bonds is 8. The van der Waals surface area contributed by atoms with E-state index >= 15 is 0 Å². The number of nitrogens with zero attached hydrogens (tertiary/aromatic N) is 4. The molecule has 0 spiro atoms. The van der Waals surface area contributed by atoms with Gasteiger partial charge in [-0.2, -0.15) is 0 Å². The second-order valence-electron chi connectivity index (χ2n) is 30.0. The molecule has 13 rings (SSSR count). The van der Waals surface area contributed by atoms with E-state index < -0.39 is 0 Å². The Kier molecular flexibility index (Phi) is 14.0. The van der Waals surface area contributed by atoms with Crippen LogP contribution < -0.4 is 31.2 Å². The van der Waals surface area contributed by atoms with Gasteiger partial charge < -0.3 is 19.3 Å². The number of hydrogen-bond acceptors (Lipinski definition) is 3. The van der Waals surface area contributed by atoms with Gasteiger partial charge in [0.2, 0.25) is 0 Å². The quantitative estimate of drug-likeness (QED) is 0.141. The number of hydrogen-bond donors (Lipinski definition) is 0. The SMILES string of the molecule is Cn1c2c(c3cc(C(C)(C)C)ccc31)N(c1cc(C(C)(C)C)cc(C(C)(C)C)c1)c1cc(-c3ccccc3-c3ccccc3)cc3c1B2c1ccc(N(c2ccc(C(C)(C)C)cc2)c2ccccc2-c2ccccc2)cc1N3c1ccc(C(C)(C)C)cc1. The lowest BCUT2D eigenvalue weighted by Crippen LogP contribution is -2.62. The predicted octanol–water partition coefficient (Wildman–Crippen LogP) is 21.2. The van der Waals surface area contributed by atoms with E-state index in [0.29, 0.717) is 0 Å². The molecule has 0 aliphatic carbocycles. The third kappa shape index (κ3) is 10.2. The molecule has 3 heterocycles. The van der Waals surface area contributed by atoms with Crippen molar-refractivity contribution in [2.45, 2.75) is 131 Å². The lowest BCUT2D eigenvalue weighted by atomic mass is 9.35. The first-order chi connectivity index (χ1) is 41.7. The van der Waals surface area contributed by atoms with Gasteiger partial charge in [0.25, 0.3) is 6.71 Å². The Hall–Kier alpha value is -8.80. The first-order valence-corrected chi connectivity index (χ1v) is 31.8. The fourth-order valence-corrected chi connectivity index (χ4v) is 13.7. The summed E-state index contributed by atoms with van der Waals surface area (Å²) < 4.78 is 2.54. The van der Waals surface area contributed by atoms with Crippen LogP contribution in [0, 0.1) is 0 Å². The van der Waals surface area contributed by atoms with Gasteiger partial charge in [0.15, 0.2) is 0 Å². The smallest absolute Gasteiger partial charge is 0.272 e. The lowest BCUT2D eigenvalue weighted by molar-refractivity contribution is 0.568. The summed E-state index contributed by atoms with van der Waals surface area (Å²) in [5, 5.41) is 1.26. The van der Waals surface area contributed by atoms with Crippen LogP contribution in [-0.4, -0.2) is 11.3 Å². The summed E-state index contributed by atoms with van der Waals surface area (Å²) in [6.07, 6.45) is 0. The molecule has 4 nitrogen and oxygen atoms in total. The monoisotopic (exact) mass is 1150 g/mol. The third-order valence-corrected chi connectivity index (χ3v) is 18.8. The van der Waals surface area contributed by atoms with E-state index in [0.717, 1.165) is 34.0 Å². The van der Waals surface area contributed by atoms with Crippen LogP contribution in [0.25, 0.3) is 44.3 Å². The van der Waals surface area contributed by atoms with Gasteiger partial charge in [0.1, 0.15) is 0 Å². The van der Waals surface area contributed by atoms with Crippen LogP contribution in [-0.2, 0) is 34.1 Å². The summed E-state index contributed by atoms with van der Waals surface area (Å²) in [6, 6.07) is 85.8. The molecule has 0 radical (unpaired) electrons. The van der Waals surface area contributed by atoms with Crippen LogP contribution >= 0.6 is 0 Å². The maximum atomic E-state index is 2.70. The Balaban J connectivity index is 1.19. The van der Waals surface area contributed by atoms with Gasteiger partial charge in [-0.25, -0.2) is 0 Å². The number of aryl methyl sites for hydroxylation is 1. The molecule has 88 heavy (non-hydrogen) atoms. The van der Waals surface area contributed by atoms with Gasteiger partial charge in [0, 0.05) is 68.9 Å². The molecule has 440 valence electrons. The van der Waals surface area contributed by atoms with Gasteiger partial charge in [-0.1, -0.05) is 249 Å². The molecule has 2 aliphatic heterocycles. The van der Waals surface area contributed by atoms with E-state index in [1.54, 1.807) is 0 Å². The highest BCUT2D eigenvalue weighted by Crippen LogP contribution is 2.52. The lowest BCUT2D eigenvalue weighted by Gasteiger charge is -2.44. The number of para-hydroxylation sites is 1. The number of benzene rings is 10. The van der Waals surface area contributed by atoms with Crippen molar-refractivity contribution in [3.63, 3.8) is 0 Å². The zero-order valence-corrected chi connectivity index (χ0v) is 54.7. The van der Waals surface area contributed by atoms with Gasteiger partial charge in [0.05, 0.1) is 11.4 Å². The van der Waals surface area contributed by atoms with E-state index in [4.69, 9.17) is 0 Å². The fraction of sp³-hybridized carbons (Fsp3) is 0.253. The van der Waals surface area contributed by atoms with Crippen molar-refractivity contribution in [2.75, 3.05) is 14.7 Å². The topological polar surface area (TPSA) is 14.7 Å². The molecule has 0 fully saturated rings. The minimum absolute atomic E-state index is 0.0123. The van der Waals surface area contributed by atoms with E-state index in [-0.39, 0.29) is 33.8 Å². The average molecular weight is 1150 g/mol. The largest absolute Gasteiger partial charge is 0.353 e. The molecule has 11 aromatic rings. The Labute approximate surface area is 525 Å². The van der Waals surface area contributed by atoms with Crippen LogP contribution in [0.4, 0.5) is 51.2 Å². The van der Waals surface area contributed by atoms with Crippen molar-refractivity contribution in [1.82, 2.24) is 4.57 Å². The molecule has 0 amide bonds. The van der Waals surface area contributed by atoms with Crippen LogP contribution in [0.5, 0.6) is 0 Å². The molecule has 0 bridgehead atoms. The van der Waals surface area contributed by atoms with Crippen LogP contribution in [0.3, 0.4) is 0 Å². The second kappa shape index (κ2) is 21.2.